The number of rotatable bonds is 9. The van der Waals surface area contributed by atoms with Crippen molar-refractivity contribution >= 4 is 51.6 Å². The van der Waals surface area contributed by atoms with Gasteiger partial charge in [-0.2, -0.15) is 0 Å². The van der Waals surface area contributed by atoms with Crippen LogP contribution in [-0.4, -0.2) is 49.4 Å². The molecular weight excluding hydrogens is 608 g/mol. The minimum Gasteiger partial charge on any atom is -0.497 e. The number of fused-ring (bicyclic) bond motifs is 1. The van der Waals surface area contributed by atoms with Crippen LogP contribution in [0, 0.1) is 0 Å². The Morgan fingerprint density at radius 2 is 1.73 bits per heavy atom. The van der Waals surface area contributed by atoms with Crippen molar-refractivity contribution in [2.24, 2.45) is 5.16 Å². The van der Waals surface area contributed by atoms with Crippen LogP contribution < -0.4 is 10.1 Å². The lowest BCUT2D eigenvalue weighted by Gasteiger charge is -2.14. The molecule has 2 aromatic heterocycles. The van der Waals surface area contributed by atoms with Crippen molar-refractivity contribution in [2.75, 3.05) is 18.2 Å². The second-order valence-electron chi connectivity index (χ2n) is 10.0. The number of hydrogen-bond acceptors (Lipinski definition) is 8. The van der Waals surface area contributed by atoms with Crippen molar-refractivity contribution in [1.82, 2.24) is 19.7 Å². The van der Waals surface area contributed by atoms with Crippen molar-refractivity contribution in [2.45, 2.75) is 12.1 Å². The molecule has 9 nitrogen and oxygen atoms in total. The minimum absolute atomic E-state index is 0.102. The molecule has 0 aliphatic rings. The number of ether oxygens (including phenoxy) is 1. The molecule has 0 saturated heterocycles. The van der Waals surface area contributed by atoms with E-state index >= 15 is 0 Å². The van der Waals surface area contributed by atoms with Gasteiger partial charge >= 0.3 is 0 Å². The van der Waals surface area contributed by atoms with Crippen LogP contribution in [-0.2, 0) is 4.79 Å². The molecule has 0 unspecified atom stereocenters. The molecule has 45 heavy (non-hydrogen) atoms. The standard InChI is InChI=1S/C34H27ClN6O3S/c1-21(40-43)22-10-14-25(15-11-22)36-32(42)20-45-34-39-38-33(41(34)26-6-4-3-5-7-26)29-19-31(23-8-12-24(35)13-9-23)37-30-17-16-27(44-2)18-28(29)30/h3-19,43H,20H2,1-2H3,(H,36,42)/b40-21-. The number of pyridine rings is 1. The summed E-state index contributed by atoms with van der Waals surface area (Å²) in [6.07, 6.45) is 0. The third-order valence-electron chi connectivity index (χ3n) is 7.11. The Bertz CT molecular complexity index is 2010. The van der Waals surface area contributed by atoms with Gasteiger partial charge in [0.05, 0.1) is 29.8 Å². The molecular formula is C34H27ClN6O3S. The van der Waals surface area contributed by atoms with Gasteiger partial charge in [0.1, 0.15) is 5.75 Å². The third kappa shape index (κ3) is 6.52. The van der Waals surface area contributed by atoms with E-state index in [-0.39, 0.29) is 11.7 Å². The first kappa shape index (κ1) is 29.9. The van der Waals surface area contributed by atoms with E-state index in [0.717, 1.165) is 39.0 Å². The maximum absolute atomic E-state index is 13.0. The van der Waals surface area contributed by atoms with Crippen LogP contribution in [0.15, 0.2) is 113 Å². The maximum Gasteiger partial charge on any atom is 0.234 e. The predicted molar refractivity (Wildman–Crippen MR) is 179 cm³/mol. The lowest BCUT2D eigenvalue weighted by atomic mass is 10.0. The van der Waals surface area contributed by atoms with Crippen molar-refractivity contribution in [3.05, 3.63) is 114 Å². The number of aromatic nitrogens is 4. The minimum atomic E-state index is -0.200. The quantitative estimate of drug-likeness (QED) is 0.0723. The van der Waals surface area contributed by atoms with Crippen molar-refractivity contribution in [1.29, 1.82) is 0 Å². The van der Waals surface area contributed by atoms with Crippen LogP contribution in [0.25, 0.3) is 39.2 Å². The number of nitrogens with zero attached hydrogens (tertiary/aromatic N) is 5. The molecule has 2 heterocycles. The highest BCUT2D eigenvalue weighted by molar-refractivity contribution is 7.99. The molecule has 0 aliphatic carbocycles. The summed E-state index contributed by atoms with van der Waals surface area (Å²) in [5.41, 5.74) is 5.95. The lowest BCUT2D eigenvalue weighted by Crippen LogP contribution is -2.14. The second kappa shape index (κ2) is 13.2. The average molecular weight is 635 g/mol. The summed E-state index contributed by atoms with van der Waals surface area (Å²) in [7, 11) is 1.63. The van der Waals surface area contributed by atoms with E-state index < -0.39 is 0 Å². The maximum atomic E-state index is 13.0. The Hall–Kier alpha value is -5.19. The Kier molecular flexibility index (Phi) is 8.77. The van der Waals surface area contributed by atoms with E-state index in [1.165, 1.54) is 11.8 Å². The number of para-hydroxylation sites is 1. The number of halogens is 1. The monoisotopic (exact) mass is 634 g/mol. The van der Waals surface area contributed by atoms with Gasteiger partial charge in [-0.3, -0.25) is 9.36 Å². The first-order chi connectivity index (χ1) is 21.9. The van der Waals surface area contributed by atoms with Gasteiger partial charge in [-0.05, 0) is 73.2 Å². The largest absolute Gasteiger partial charge is 0.497 e. The fourth-order valence-corrected chi connectivity index (χ4v) is 5.69. The van der Waals surface area contributed by atoms with Gasteiger partial charge in [0.25, 0.3) is 0 Å². The lowest BCUT2D eigenvalue weighted by molar-refractivity contribution is -0.113. The zero-order valence-corrected chi connectivity index (χ0v) is 25.9. The smallest absolute Gasteiger partial charge is 0.234 e. The van der Waals surface area contributed by atoms with Crippen LogP contribution in [0.4, 0.5) is 5.69 Å². The van der Waals surface area contributed by atoms with Crippen molar-refractivity contribution in [3.63, 3.8) is 0 Å². The van der Waals surface area contributed by atoms with E-state index in [4.69, 9.17) is 26.5 Å². The Morgan fingerprint density at radius 1 is 0.978 bits per heavy atom. The molecule has 6 rings (SSSR count). The first-order valence-electron chi connectivity index (χ1n) is 13.9. The number of amides is 1. The molecule has 0 aliphatic heterocycles. The van der Waals surface area contributed by atoms with Gasteiger partial charge in [-0.1, -0.05) is 71.0 Å². The van der Waals surface area contributed by atoms with Gasteiger partial charge in [0.2, 0.25) is 5.91 Å². The van der Waals surface area contributed by atoms with Gasteiger partial charge in [0, 0.05) is 32.9 Å². The van der Waals surface area contributed by atoms with Crippen LogP contribution in [0.3, 0.4) is 0 Å². The second-order valence-corrected chi connectivity index (χ2v) is 11.4. The summed E-state index contributed by atoms with van der Waals surface area (Å²) >= 11 is 7.45. The summed E-state index contributed by atoms with van der Waals surface area (Å²) in [6, 6.07) is 32.1. The van der Waals surface area contributed by atoms with Crippen LogP contribution in [0.1, 0.15) is 12.5 Å². The molecule has 4 aromatic carbocycles. The normalized spacial score (nSPS) is 11.5. The SMILES string of the molecule is COc1ccc2nc(-c3ccc(Cl)cc3)cc(-c3nnc(SCC(=O)Nc4ccc(/C(C)=N\O)cc4)n3-c3ccccc3)c2c1. The van der Waals surface area contributed by atoms with Gasteiger partial charge in [-0.15, -0.1) is 10.2 Å². The van der Waals surface area contributed by atoms with Crippen LogP contribution in [0.2, 0.25) is 5.02 Å². The zero-order chi connectivity index (χ0) is 31.3. The molecule has 0 spiro atoms. The molecule has 0 fully saturated rings. The van der Waals surface area contributed by atoms with Crippen LogP contribution in [0.5, 0.6) is 5.75 Å². The predicted octanol–water partition coefficient (Wildman–Crippen LogP) is 7.74. The van der Waals surface area contributed by atoms with Gasteiger partial charge < -0.3 is 15.3 Å². The topological polar surface area (TPSA) is 115 Å². The van der Waals surface area contributed by atoms with E-state index in [9.17, 15) is 4.79 Å². The summed E-state index contributed by atoms with van der Waals surface area (Å²) < 4.78 is 7.50. The van der Waals surface area contributed by atoms with E-state index in [0.29, 0.717) is 33.2 Å². The van der Waals surface area contributed by atoms with E-state index in [2.05, 4.69) is 20.7 Å². The summed E-state index contributed by atoms with van der Waals surface area (Å²) in [4.78, 5) is 17.9. The van der Waals surface area contributed by atoms with Gasteiger partial charge in [0.15, 0.2) is 11.0 Å². The highest BCUT2D eigenvalue weighted by Crippen LogP contribution is 2.36. The third-order valence-corrected chi connectivity index (χ3v) is 8.29. The zero-order valence-electron chi connectivity index (χ0n) is 24.3. The first-order valence-corrected chi connectivity index (χ1v) is 15.3. The number of benzene rings is 4. The number of nitrogens with one attached hydrogen (secondary N) is 1. The van der Waals surface area contributed by atoms with Gasteiger partial charge in [-0.25, -0.2) is 4.98 Å². The highest BCUT2D eigenvalue weighted by Gasteiger charge is 2.21. The number of oxime groups is 1. The highest BCUT2D eigenvalue weighted by atomic mass is 35.5. The molecule has 6 aromatic rings. The molecule has 2 N–H and O–H groups in total. The number of thioether (sulfide) groups is 1. The summed E-state index contributed by atoms with van der Waals surface area (Å²) in [5, 5.41) is 26.4. The molecule has 0 bridgehead atoms. The molecule has 0 atom stereocenters. The number of carbonyl (C=O) groups is 1. The Morgan fingerprint density at radius 3 is 2.44 bits per heavy atom. The van der Waals surface area contributed by atoms with Crippen molar-refractivity contribution < 1.29 is 14.7 Å². The number of methoxy groups -OCH3 is 1. The molecule has 224 valence electrons. The van der Waals surface area contributed by atoms with Crippen LogP contribution >= 0.6 is 23.4 Å². The fourth-order valence-electron chi connectivity index (χ4n) is 4.81. The average Bonchev–Trinajstić information content (AvgIpc) is 3.51. The molecule has 0 saturated carbocycles. The molecule has 1 amide bonds. The summed E-state index contributed by atoms with van der Waals surface area (Å²) in [5.74, 6) is 1.18. The van der Waals surface area contributed by atoms with E-state index in [1.54, 1.807) is 38.3 Å². The number of carbonyl (C=O) groups excluding carboxylic acids is 1. The number of hydrogen-bond donors (Lipinski definition) is 2. The summed E-state index contributed by atoms with van der Waals surface area (Å²) in [6.45, 7) is 1.70. The Labute approximate surface area is 268 Å². The van der Waals surface area contributed by atoms with Crippen molar-refractivity contribution in [3.8, 4) is 34.1 Å². The molecule has 0 radical (unpaired) electrons. The van der Waals surface area contributed by atoms with E-state index in [1.807, 2.05) is 83.4 Å². The number of anilines is 1. The Balaban J connectivity index is 1.38. The fraction of sp³-hybridized carbons (Fsp3) is 0.0882. The molecule has 11 heteroatoms.